The van der Waals surface area contributed by atoms with Crippen LogP contribution in [-0.4, -0.2) is 6.36 Å². The molecule has 0 aliphatic carbocycles. The van der Waals surface area contributed by atoms with Crippen LogP contribution in [-0.2, 0) is 0 Å². The fraction of sp³-hybridized carbons (Fsp3) is 0.0769. The van der Waals surface area contributed by atoms with Gasteiger partial charge in [-0.25, -0.2) is 4.39 Å². The minimum absolute atomic E-state index is 0.145. The Morgan fingerprint density at radius 3 is 2.00 bits per heavy atom. The molecule has 106 valence electrons. The first-order chi connectivity index (χ1) is 9.32. The smallest absolute Gasteiger partial charge is 0.457 e. The van der Waals surface area contributed by atoms with Crippen LogP contribution in [0, 0.1) is 5.82 Å². The van der Waals surface area contributed by atoms with E-state index in [1.54, 1.807) is 0 Å². The number of rotatable bonds is 3. The molecule has 0 saturated carbocycles. The predicted molar refractivity (Wildman–Crippen MR) is 64.0 cm³/mol. The number of nitrogen functional groups attached to an aromatic ring is 1. The first-order valence-corrected chi connectivity index (χ1v) is 5.41. The van der Waals surface area contributed by atoms with Crippen LogP contribution in [0.15, 0.2) is 42.5 Å². The van der Waals surface area contributed by atoms with E-state index in [1.807, 2.05) is 0 Å². The van der Waals surface area contributed by atoms with Crippen LogP contribution in [0.2, 0.25) is 0 Å². The molecule has 0 aromatic heterocycles. The second kappa shape index (κ2) is 5.28. The molecule has 0 aliphatic rings. The maximum Gasteiger partial charge on any atom is 0.573 e. The van der Waals surface area contributed by atoms with Gasteiger partial charge in [-0.1, -0.05) is 0 Å². The van der Waals surface area contributed by atoms with Gasteiger partial charge < -0.3 is 15.2 Å². The zero-order valence-corrected chi connectivity index (χ0v) is 9.95. The summed E-state index contributed by atoms with van der Waals surface area (Å²) < 4.78 is 58.0. The van der Waals surface area contributed by atoms with E-state index in [2.05, 4.69) is 4.74 Å². The van der Waals surface area contributed by atoms with Crippen LogP contribution in [0.3, 0.4) is 0 Å². The number of hydrogen-bond acceptors (Lipinski definition) is 3. The van der Waals surface area contributed by atoms with Crippen molar-refractivity contribution < 1.29 is 27.0 Å². The van der Waals surface area contributed by atoms with Crippen molar-refractivity contribution in [2.24, 2.45) is 0 Å². The number of hydrogen-bond donors (Lipinski definition) is 1. The molecule has 0 radical (unpaired) electrons. The summed E-state index contributed by atoms with van der Waals surface area (Å²) >= 11 is 0. The van der Waals surface area contributed by atoms with Gasteiger partial charge in [0.15, 0.2) is 0 Å². The largest absolute Gasteiger partial charge is 0.573 e. The second-order valence-electron chi connectivity index (χ2n) is 3.84. The molecule has 2 N–H and O–H groups in total. The highest BCUT2D eigenvalue weighted by atomic mass is 19.4. The first kappa shape index (κ1) is 14.0. The van der Waals surface area contributed by atoms with Gasteiger partial charge in [0.2, 0.25) is 0 Å². The molecule has 0 heterocycles. The summed E-state index contributed by atoms with van der Waals surface area (Å²) in [5, 5.41) is 0. The minimum atomic E-state index is -4.75. The topological polar surface area (TPSA) is 44.5 Å². The van der Waals surface area contributed by atoms with Gasteiger partial charge in [0.05, 0.1) is 0 Å². The summed E-state index contributed by atoms with van der Waals surface area (Å²) in [6, 6.07) is 8.33. The Balaban J connectivity index is 2.10. The third-order valence-corrected chi connectivity index (χ3v) is 2.19. The van der Waals surface area contributed by atoms with Crippen molar-refractivity contribution in [2.75, 3.05) is 5.73 Å². The Morgan fingerprint density at radius 2 is 1.45 bits per heavy atom. The molecule has 2 rings (SSSR count). The van der Waals surface area contributed by atoms with Crippen molar-refractivity contribution in [1.29, 1.82) is 0 Å². The van der Waals surface area contributed by atoms with Crippen LogP contribution in [0.25, 0.3) is 0 Å². The molecule has 0 aliphatic heterocycles. The number of benzene rings is 2. The number of nitrogens with two attached hydrogens (primary N) is 1. The van der Waals surface area contributed by atoms with Crippen molar-refractivity contribution in [2.45, 2.75) is 6.36 Å². The lowest BCUT2D eigenvalue weighted by atomic mass is 10.3. The fourth-order valence-electron chi connectivity index (χ4n) is 1.49. The molecule has 0 bridgehead atoms. The summed E-state index contributed by atoms with van der Waals surface area (Å²) in [6.45, 7) is 0. The summed E-state index contributed by atoms with van der Waals surface area (Å²) in [6.07, 6.45) is -4.75. The predicted octanol–water partition coefficient (Wildman–Crippen LogP) is 4.10. The van der Waals surface area contributed by atoms with Gasteiger partial charge in [0.1, 0.15) is 23.1 Å². The summed E-state index contributed by atoms with van der Waals surface area (Å²) in [5.41, 5.74) is 5.62. The van der Waals surface area contributed by atoms with Crippen molar-refractivity contribution in [1.82, 2.24) is 0 Å². The van der Waals surface area contributed by atoms with E-state index in [-0.39, 0.29) is 22.9 Å². The summed E-state index contributed by atoms with van der Waals surface area (Å²) in [4.78, 5) is 0. The molecule has 3 nitrogen and oxygen atoms in total. The SMILES string of the molecule is Nc1cc(F)cc(Oc2ccc(OC(F)(F)F)cc2)c1. The van der Waals surface area contributed by atoms with Gasteiger partial charge in [0.25, 0.3) is 0 Å². The van der Waals surface area contributed by atoms with Crippen LogP contribution >= 0.6 is 0 Å². The Bertz CT molecular complexity index is 576. The van der Waals surface area contributed by atoms with E-state index in [0.29, 0.717) is 0 Å². The average Bonchev–Trinajstić information content (AvgIpc) is 2.28. The lowest BCUT2D eigenvalue weighted by Gasteiger charge is -2.10. The summed E-state index contributed by atoms with van der Waals surface area (Å²) in [5.74, 6) is -0.572. The standard InChI is InChI=1S/C13H9F4NO2/c14-8-5-9(18)7-12(6-8)19-10-1-3-11(4-2-10)20-13(15,16)17/h1-7H,18H2. The van der Waals surface area contributed by atoms with Gasteiger partial charge in [-0.05, 0) is 30.3 Å². The Kier molecular flexibility index (Phi) is 3.69. The first-order valence-electron chi connectivity index (χ1n) is 5.41. The maximum atomic E-state index is 13.1. The number of halogens is 4. The van der Waals surface area contributed by atoms with E-state index in [4.69, 9.17) is 10.5 Å². The van der Waals surface area contributed by atoms with Crippen LogP contribution in [0.5, 0.6) is 17.2 Å². The van der Waals surface area contributed by atoms with Gasteiger partial charge in [-0.2, -0.15) is 0 Å². The van der Waals surface area contributed by atoms with Gasteiger partial charge in [0, 0.05) is 17.8 Å². The molecule has 0 amide bonds. The number of anilines is 1. The molecule has 0 atom stereocenters. The summed E-state index contributed by atoms with van der Waals surface area (Å²) in [7, 11) is 0. The molecule has 20 heavy (non-hydrogen) atoms. The number of ether oxygens (including phenoxy) is 2. The number of alkyl halides is 3. The van der Waals surface area contributed by atoms with E-state index >= 15 is 0 Å². The second-order valence-corrected chi connectivity index (χ2v) is 3.84. The van der Waals surface area contributed by atoms with Crippen LogP contribution in [0.4, 0.5) is 23.2 Å². The molecule has 0 unspecified atom stereocenters. The van der Waals surface area contributed by atoms with Crippen molar-refractivity contribution >= 4 is 5.69 Å². The molecule has 0 fully saturated rings. The zero-order valence-electron chi connectivity index (χ0n) is 9.95. The fourth-order valence-corrected chi connectivity index (χ4v) is 1.49. The molecule has 0 saturated heterocycles. The Labute approximate surface area is 111 Å². The highest BCUT2D eigenvalue weighted by Crippen LogP contribution is 2.28. The Hall–Kier alpha value is -2.44. The minimum Gasteiger partial charge on any atom is -0.457 e. The monoisotopic (exact) mass is 287 g/mol. The molecule has 2 aromatic carbocycles. The highest BCUT2D eigenvalue weighted by molar-refractivity contribution is 5.46. The van der Waals surface area contributed by atoms with Crippen molar-refractivity contribution in [3.63, 3.8) is 0 Å². The molecular formula is C13H9F4NO2. The van der Waals surface area contributed by atoms with E-state index < -0.39 is 12.2 Å². The van der Waals surface area contributed by atoms with Gasteiger partial charge in [-0.3, -0.25) is 0 Å². The van der Waals surface area contributed by atoms with Crippen molar-refractivity contribution in [3.8, 4) is 17.2 Å². The third kappa shape index (κ3) is 4.04. The quantitative estimate of drug-likeness (QED) is 0.682. The van der Waals surface area contributed by atoms with E-state index in [9.17, 15) is 17.6 Å². The van der Waals surface area contributed by atoms with Crippen molar-refractivity contribution in [3.05, 3.63) is 48.3 Å². The van der Waals surface area contributed by atoms with E-state index in [1.165, 1.54) is 18.2 Å². The Morgan fingerprint density at radius 1 is 0.850 bits per heavy atom. The van der Waals surface area contributed by atoms with Gasteiger partial charge in [-0.15, -0.1) is 13.2 Å². The van der Waals surface area contributed by atoms with Gasteiger partial charge >= 0.3 is 6.36 Å². The molecule has 2 aromatic rings. The van der Waals surface area contributed by atoms with E-state index in [0.717, 1.165) is 24.3 Å². The van der Waals surface area contributed by atoms with Crippen LogP contribution in [0.1, 0.15) is 0 Å². The lowest BCUT2D eigenvalue weighted by molar-refractivity contribution is -0.274. The lowest BCUT2D eigenvalue weighted by Crippen LogP contribution is -2.16. The average molecular weight is 287 g/mol. The third-order valence-electron chi connectivity index (χ3n) is 2.19. The van der Waals surface area contributed by atoms with Crippen LogP contribution < -0.4 is 15.2 Å². The highest BCUT2D eigenvalue weighted by Gasteiger charge is 2.30. The molecular weight excluding hydrogens is 278 g/mol. The molecule has 0 spiro atoms. The normalized spacial score (nSPS) is 11.2. The maximum absolute atomic E-state index is 13.1. The molecule has 7 heteroatoms. The zero-order chi connectivity index (χ0) is 14.8.